The molecule has 0 spiro atoms. The Kier molecular flexibility index (Phi) is 8.15. The van der Waals surface area contributed by atoms with E-state index in [9.17, 15) is 13.2 Å². The summed E-state index contributed by atoms with van der Waals surface area (Å²) in [7, 11) is -1.69. The minimum absolute atomic E-state index is 0.0884. The van der Waals surface area contributed by atoms with E-state index < -0.39 is 10.0 Å². The minimum atomic E-state index is -3.59. The van der Waals surface area contributed by atoms with Crippen molar-refractivity contribution in [2.75, 3.05) is 39.4 Å². The van der Waals surface area contributed by atoms with Crippen LogP contribution in [0.15, 0.2) is 47.5 Å². The highest BCUT2D eigenvalue weighted by Gasteiger charge is 2.27. The monoisotopic (exact) mass is 499 g/mol. The second-order valence-electron chi connectivity index (χ2n) is 8.71. The summed E-state index contributed by atoms with van der Waals surface area (Å²) in [5.41, 5.74) is 2.43. The van der Waals surface area contributed by atoms with Crippen molar-refractivity contribution in [2.24, 2.45) is 7.05 Å². The van der Waals surface area contributed by atoms with Gasteiger partial charge in [-0.1, -0.05) is 13.0 Å². The van der Waals surface area contributed by atoms with Crippen LogP contribution in [0.1, 0.15) is 31.3 Å². The van der Waals surface area contributed by atoms with Gasteiger partial charge in [0.1, 0.15) is 5.82 Å². The van der Waals surface area contributed by atoms with E-state index in [-0.39, 0.29) is 10.8 Å². The number of hydrogen-bond donors (Lipinski definition) is 0. The zero-order valence-corrected chi connectivity index (χ0v) is 21.2. The van der Waals surface area contributed by atoms with Crippen molar-refractivity contribution in [3.63, 3.8) is 0 Å². The number of imidazole rings is 1. The number of fused-ring (bicyclic) bond motifs is 1. The van der Waals surface area contributed by atoms with Gasteiger partial charge in [-0.3, -0.25) is 9.78 Å². The van der Waals surface area contributed by atoms with Crippen molar-refractivity contribution >= 4 is 27.0 Å². The van der Waals surface area contributed by atoms with Crippen LogP contribution in [0.25, 0.3) is 11.0 Å². The third-order valence-electron chi connectivity index (χ3n) is 6.33. The van der Waals surface area contributed by atoms with Crippen LogP contribution in [0.3, 0.4) is 0 Å². The summed E-state index contributed by atoms with van der Waals surface area (Å²) >= 11 is 0. The quantitative estimate of drug-likeness (QED) is 0.425. The fourth-order valence-corrected chi connectivity index (χ4v) is 5.78. The summed E-state index contributed by atoms with van der Waals surface area (Å²) < 4.78 is 34.7. The Bertz CT molecular complexity index is 1250. The van der Waals surface area contributed by atoms with Gasteiger partial charge in [0.05, 0.1) is 29.1 Å². The molecule has 35 heavy (non-hydrogen) atoms. The molecule has 188 valence electrons. The number of morpholine rings is 1. The number of hydrogen-bond acceptors (Lipinski definition) is 6. The Morgan fingerprint density at radius 1 is 1.11 bits per heavy atom. The molecule has 0 atom stereocenters. The number of aryl methyl sites for hydroxylation is 2. The van der Waals surface area contributed by atoms with Gasteiger partial charge in [-0.2, -0.15) is 4.31 Å². The second kappa shape index (κ2) is 11.3. The predicted octanol–water partition coefficient (Wildman–Crippen LogP) is 2.40. The number of ether oxygens (including phenoxy) is 1. The first kappa shape index (κ1) is 25.3. The summed E-state index contributed by atoms with van der Waals surface area (Å²) in [6.07, 6.45) is 4.21. The van der Waals surface area contributed by atoms with Gasteiger partial charge in [-0.05, 0) is 36.8 Å². The number of amides is 1. The number of aromatic nitrogens is 3. The van der Waals surface area contributed by atoms with E-state index in [0.717, 1.165) is 29.9 Å². The molecule has 1 aliphatic heterocycles. The first-order valence-corrected chi connectivity index (χ1v) is 13.5. The van der Waals surface area contributed by atoms with Crippen LogP contribution in [0.2, 0.25) is 0 Å². The lowest BCUT2D eigenvalue weighted by Crippen LogP contribution is -2.40. The van der Waals surface area contributed by atoms with Gasteiger partial charge >= 0.3 is 0 Å². The molecule has 0 aliphatic carbocycles. The van der Waals surface area contributed by atoms with E-state index in [1.165, 1.54) is 4.31 Å². The molecule has 3 heterocycles. The normalized spacial score (nSPS) is 14.9. The lowest BCUT2D eigenvalue weighted by Gasteiger charge is -2.26. The fourth-order valence-electron chi connectivity index (χ4n) is 4.35. The maximum atomic E-state index is 13.0. The van der Waals surface area contributed by atoms with Crippen LogP contribution in [-0.2, 0) is 39.4 Å². The van der Waals surface area contributed by atoms with Gasteiger partial charge in [0.25, 0.3) is 0 Å². The molecule has 0 radical (unpaired) electrons. The van der Waals surface area contributed by atoms with E-state index in [1.54, 1.807) is 24.4 Å². The average Bonchev–Trinajstić information content (AvgIpc) is 3.21. The molecule has 0 saturated carbocycles. The average molecular weight is 500 g/mol. The highest BCUT2D eigenvalue weighted by Crippen LogP contribution is 2.23. The molecule has 0 bridgehead atoms. The predicted molar refractivity (Wildman–Crippen MR) is 133 cm³/mol. The van der Waals surface area contributed by atoms with Crippen LogP contribution in [0, 0.1) is 0 Å². The molecule has 2 aromatic heterocycles. The zero-order chi connectivity index (χ0) is 24.8. The number of rotatable bonds is 10. The number of carbonyl (C=O) groups excluding carboxylic acids is 1. The minimum Gasteiger partial charge on any atom is -0.379 e. The van der Waals surface area contributed by atoms with Gasteiger partial charge in [0.2, 0.25) is 15.9 Å². The SMILES string of the molecule is CCCN(CCc1ccccn1)C(=O)CCc1nc2cc(S(=O)(=O)N3CCOCC3)ccc2n1C. The van der Waals surface area contributed by atoms with E-state index in [1.807, 2.05) is 34.7 Å². The van der Waals surface area contributed by atoms with Gasteiger partial charge in [-0.25, -0.2) is 13.4 Å². The third kappa shape index (κ3) is 5.88. The Hall–Kier alpha value is -2.82. The van der Waals surface area contributed by atoms with Crippen LogP contribution >= 0.6 is 0 Å². The van der Waals surface area contributed by atoms with Gasteiger partial charge in [0.15, 0.2) is 0 Å². The molecule has 0 N–H and O–H groups in total. The Labute approximate surface area is 206 Å². The molecule has 10 heteroatoms. The molecule has 1 aromatic carbocycles. The molecular formula is C25H33N5O4S. The molecule has 9 nitrogen and oxygen atoms in total. The van der Waals surface area contributed by atoms with Crippen molar-refractivity contribution in [1.82, 2.24) is 23.7 Å². The number of carbonyl (C=O) groups is 1. The number of benzene rings is 1. The van der Waals surface area contributed by atoms with E-state index in [2.05, 4.69) is 16.9 Å². The van der Waals surface area contributed by atoms with Gasteiger partial charge in [0, 0.05) is 64.4 Å². The Morgan fingerprint density at radius 3 is 2.63 bits per heavy atom. The molecule has 1 saturated heterocycles. The summed E-state index contributed by atoms with van der Waals surface area (Å²) in [6.45, 7) is 4.91. The Morgan fingerprint density at radius 2 is 1.91 bits per heavy atom. The summed E-state index contributed by atoms with van der Waals surface area (Å²) in [5, 5.41) is 0. The van der Waals surface area contributed by atoms with Crippen LogP contribution in [0.4, 0.5) is 0 Å². The van der Waals surface area contributed by atoms with E-state index in [0.29, 0.717) is 57.8 Å². The molecule has 1 amide bonds. The summed E-state index contributed by atoms with van der Waals surface area (Å²) in [5.74, 6) is 0.848. The van der Waals surface area contributed by atoms with Crippen LogP contribution in [-0.4, -0.2) is 77.5 Å². The maximum absolute atomic E-state index is 13.0. The van der Waals surface area contributed by atoms with Crippen molar-refractivity contribution in [3.05, 3.63) is 54.1 Å². The van der Waals surface area contributed by atoms with Crippen LogP contribution in [0.5, 0.6) is 0 Å². The lowest BCUT2D eigenvalue weighted by atomic mass is 10.2. The highest BCUT2D eigenvalue weighted by molar-refractivity contribution is 7.89. The van der Waals surface area contributed by atoms with Crippen molar-refractivity contribution in [3.8, 4) is 0 Å². The third-order valence-corrected chi connectivity index (χ3v) is 8.22. The van der Waals surface area contributed by atoms with Gasteiger partial charge < -0.3 is 14.2 Å². The van der Waals surface area contributed by atoms with E-state index in [4.69, 9.17) is 4.74 Å². The second-order valence-corrected chi connectivity index (χ2v) is 10.6. The largest absolute Gasteiger partial charge is 0.379 e. The highest BCUT2D eigenvalue weighted by atomic mass is 32.2. The topological polar surface area (TPSA) is 97.6 Å². The molecule has 1 fully saturated rings. The standard InChI is InChI=1S/C25H33N5O4S/c1-3-13-29(14-11-20-6-4-5-12-26-20)25(31)10-9-24-27-22-19-21(7-8-23(22)28(24)2)35(32,33)30-15-17-34-18-16-30/h4-8,12,19H,3,9-11,13-18H2,1-2H3. The molecule has 4 rings (SSSR count). The first-order chi connectivity index (χ1) is 16.9. The van der Waals surface area contributed by atoms with Gasteiger partial charge in [-0.15, -0.1) is 0 Å². The van der Waals surface area contributed by atoms with E-state index >= 15 is 0 Å². The summed E-state index contributed by atoms with van der Waals surface area (Å²) in [4.78, 5) is 24.1. The lowest BCUT2D eigenvalue weighted by molar-refractivity contribution is -0.131. The first-order valence-electron chi connectivity index (χ1n) is 12.1. The Balaban J connectivity index is 1.44. The maximum Gasteiger partial charge on any atom is 0.243 e. The van der Waals surface area contributed by atoms with Crippen molar-refractivity contribution in [1.29, 1.82) is 0 Å². The molecular weight excluding hydrogens is 466 g/mol. The number of sulfonamides is 1. The molecule has 1 aliphatic rings. The smallest absolute Gasteiger partial charge is 0.243 e. The van der Waals surface area contributed by atoms with Crippen molar-refractivity contribution in [2.45, 2.75) is 37.5 Å². The fraction of sp³-hybridized carbons (Fsp3) is 0.480. The summed E-state index contributed by atoms with van der Waals surface area (Å²) in [6, 6.07) is 10.9. The molecule has 3 aromatic rings. The molecule has 0 unspecified atom stereocenters. The van der Waals surface area contributed by atoms with Crippen molar-refractivity contribution < 1.29 is 17.9 Å². The number of nitrogens with zero attached hydrogens (tertiary/aromatic N) is 5. The van der Waals surface area contributed by atoms with Crippen LogP contribution < -0.4 is 0 Å². The zero-order valence-electron chi connectivity index (χ0n) is 20.4. The number of pyridine rings is 1.